The van der Waals surface area contributed by atoms with Gasteiger partial charge in [-0.3, -0.25) is 9.69 Å². The lowest BCUT2D eigenvalue weighted by atomic mass is 9.79. The Hall–Kier alpha value is -1.99. The third-order valence-corrected chi connectivity index (χ3v) is 5.17. The fraction of sp³-hybridized carbons (Fsp3) is 0.556. The smallest absolute Gasteiger partial charge is 0.322 e. The van der Waals surface area contributed by atoms with Gasteiger partial charge in [-0.15, -0.1) is 12.4 Å². The van der Waals surface area contributed by atoms with E-state index in [1.54, 1.807) is 30.2 Å². The number of piperidine rings is 1. The number of halogens is 1. The van der Waals surface area contributed by atoms with Crippen molar-refractivity contribution in [2.24, 2.45) is 11.1 Å². The lowest BCUT2D eigenvalue weighted by Crippen LogP contribution is -2.54. The molecule has 144 valence electrons. The molecule has 2 saturated heterocycles. The van der Waals surface area contributed by atoms with Crippen molar-refractivity contribution in [2.75, 3.05) is 38.2 Å². The van der Waals surface area contributed by atoms with E-state index in [4.69, 9.17) is 10.5 Å². The summed E-state index contributed by atoms with van der Waals surface area (Å²) in [5.41, 5.74) is 7.23. The number of nitrogens with zero attached hydrogens (tertiary/aromatic N) is 2. The molecule has 1 unspecified atom stereocenters. The number of carbonyl (C=O) groups excluding carboxylic acids is 2. The highest BCUT2D eigenvalue weighted by molar-refractivity contribution is 6.00. The summed E-state index contributed by atoms with van der Waals surface area (Å²) < 4.78 is 5.37. The van der Waals surface area contributed by atoms with E-state index in [9.17, 15) is 9.59 Å². The maximum absolute atomic E-state index is 13.0. The molecular formula is C18H27ClN4O3. The molecule has 0 aliphatic carbocycles. The summed E-state index contributed by atoms with van der Waals surface area (Å²) in [4.78, 5) is 28.4. The van der Waals surface area contributed by atoms with Crippen LogP contribution in [0.25, 0.3) is 0 Å². The summed E-state index contributed by atoms with van der Waals surface area (Å²) in [7, 11) is 1.56. The molecule has 3 N–H and O–H groups in total. The van der Waals surface area contributed by atoms with Crippen LogP contribution in [0.5, 0.6) is 5.75 Å². The number of rotatable bonds is 3. The van der Waals surface area contributed by atoms with Crippen molar-refractivity contribution in [2.45, 2.75) is 26.3 Å². The van der Waals surface area contributed by atoms with E-state index in [1.807, 2.05) is 4.90 Å². The monoisotopic (exact) mass is 382 g/mol. The average molecular weight is 383 g/mol. The number of benzene rings is 1. The quantitative estimate of drug-likeness (QED) is 0.835. The molecule has 0 bridgehead atoms. The standard InChI is InChI=1S/C18H26N4O3.ClH/c1-18(2)11-21(8-6-15(18)19)16(23)12-4-5-14(25-3)13(10-12)22-9-7-20-17(22)24;/h4-5,10,15H,6-9,11,19H2,1-3H3,(H,20,24);1H. The van der Waals surface area contributed by atoms with Crippen LogP contribution in [0.3, 0.4) is 0 Å². The number of likely N-dealkylation sites (tertiary alicyclic amines) is 1. The minimum atomic E-state index is -0.173. The van der Waals surface area contributed by atoms with Gasteiger partial charge in [-0.1, -0.05) is 13.8 Å². The Labute approximate surface area is 160 Å². The summed E-state index contributed by atoms with van der Waals surface area (Å²) in [6, 6.07) is 5.16. The molecule has 8 heteroatoms. The second kappa shape index (κ2) is 7.72. The van der Waals surface area contributed by atoms with Gasteiger partial charge in [0.05, 0.1) is 12.8 Å². The van der Waals surface area contributed by atoms with Gasteiger partial charge in [0.15, 0.2) is 0 Å². The molecule has 1 atom stereocenters. The van der Waals surface area contributed by atoms with Crippen molar-refractivity contribution < 1.29 is 14.3 Å². The number of urea groups is 1. The maximum atomic E-state index is 13.0. The summed E-state index contributed by atoms with van der Waals surface area (Å²) >= 11 is 0. The van der Waals surface area contributed by atoms with Crippen LogP contribution >= 0.6 is 12.4 Å². The number of nitrogens with two attached hydrogens (primary N) is 1. The number of hydrogen-bond acceptors (Lipinski definition) is 4. The van der Waals surface area contributed by atoms with Crippen LogP contribution in [-0.4, -0.2) is 56.2 Å². The predicted molar refractivity (Wildman–Crippen MR) is 103 cm³/mol. The zero-order chi connectivity index (χ0) is 18.2. The molecule has 0 aromatic heterocycles. The van der Waals surface area contributed by atoms with Gasteiger partial charge in [0, 0.05) is 37.8 Å². The molecule has 1 aromatic rings. The van der Waals surface area contributed by atoms with Crippen molar-refractivity contribution in [3.63, 3.8) is 0 Å². The van der Waals surface area contributed by atoms with Crippen LogP contribution in [0.4, 0.5) is 10.5 Å². The number of anilines is 1. The topological polar surface area (TPSA) is 87.9 Å². The van der Waals surface area contributed by atoms with Gasteiger partial charge in [0.2, 0.25) is 0 Å². The van der Waals surface area contributed by atoms with E-state index < -0.39 is 0 Å². The van der Waals surface area contributed by atoms with Crippen molar-refractivity contribution in [3.05, 3.63) is 23.8 Å². The Bertz CT molecular complexity index is 695. The predicted octanol–water partition coefficient (Wildman–Crippen LogP) is 1.85. The van der Waals surface area contributed by atoms with E-state index >= 15 is 0 Å². The van der Waals surface area contributed by atoms with Crippen molar-refractivity contribution in [3.8, 4) is 5.75 Å². The summed E-state index contributed by atoms with van der Waals surface area (Å²) in [6.45, 7) is 6.58. The normalized spacial score (nSPS) is 21.8. The van der Waals surface area contributed by atoms with Crippen LogP contribution < -0.4 is 20.7 Å². The zero-order valence-corrected chi connectivity index (χ0v) is 16.3. The van der Waals surface area contributed by atoms with E-state index in [2.05, 4.69) is 19.2 Å². The number of hydrogen-bond donors (Lipinski definition) is 2. The summed E-state index contributed by atoms with van der Waals surface area (Å²) in [6.07, 6.45) is 0.788. The Morgan fingerprint density at radius 1 is 1.35 bits per heavy atom. The fourth-order valence-corrected chi connectivity index (χ4v) is 3.47. The number of nitrogens with one attached hydrogen (secondary N) is 1. The molecule has 0 radical (unpaired) electrons. The molecule has 2 fully saturated rings. The second-order valence-corrected chi connectivity index (χ2v) is 7.38. The van der Waals surface area contributed by atoms with E-state index in [0.717, 1.165) is 6.42 Å². The largest absolute Gasteiger partial charge is 0.495 e. The van der Waals surface area contributed by atoms with Crippen molar-refractivity contribution >= 4 is 30.0 Å². The van der Waals surface area contributed by atoms with Crippen LogP contribution in [0.1, 0.15) is 30.6 Å². The maximum Gasteiger partial charge on any atom is 0.322 e. The van der Waals surface area contributed by atoms with Gasteiger partial charge in [-0.25, -0.2) is 4.79 Å². The molecule has 7 nitrogen and oxygen atoms in total. The van der Waals surface area contributed by atoms with Gasteiger partial charge in [0.25, 0.3) is 5.91 Å². The SMILES string of the molecule is COc1ccc(C(=O)N2CCC(N)C(C)(C)C2)cc1N1CCNC1=O.Cl. The number of ether oxygens (including phenoxy) is 1. The molecule has 2 heterocycles. The van der Waals surface area contributed by atoms with Gasteiger partial charge in [-0.2, -0.15) is 0 Å². The van der Waals surface area contributed by atoms with E-state index in [-0.39, 0.29) is 35.8 Å². The van der Waals surface area contributed by atoms with Crippen LogP contribution in [-0.2, 0) is 0 Å². The van der Waals surface area contributed by atoms with E-state index in [1.165, 1.54) is 0 Å². The molecule has 3 amide bonds. The fourth-order valence-electron chi connectivity index (χ4n) is 3.47. The molecule has 2 aliphatic heterocycles. The van der Waals surface area contributed by atoms with Crippen molar-refractivity contribution in [1.29, 1.82) is 0 Å². The molecule has 3 rings (SSSR count). The first-order chi connectivity index (χ1) is 11.8. The van der Waals surface area contributed by atoms with Crippen LogP contribution in [0.15, 0.2) is 18.2 Å². The molecular weight excluding hydrogens is 356 g/mol. The molecule has 26 heavy (non-hydrogen) atoms. The second-order valence-electron chi connectivity index (χ2n) is 7.38. The first-order valence-electron chi connectivity index (χ1n) is 8.62. The third kappa shape index (κ3) is 3.73. The van der Waals surface area contributed by atoms with E-state index in [0.29, 0.717) is 43.2 Å². The first-order valence-corrected chi connectivity index (χ1v) is 8.62. The lowest BCUT2D eigenvalue weighted by Gasteiger charge is -2.42. The molecule has 0 saturated carbocycles. The highest BCUT2D eigenvalue weighted by Gasteiger charge is 2.36. The third-order valence-electron chi connectivity index (χ3n) is 5.17. The minimum absolute atomic E-state index is 0. The average Bonchev–Trinajstić information content (AvgIpc) is 3.02. The first kappa shape index (κ1) is 20.3. The lowest BCUT2D eigenvalue weighted by molar-refractivity contribution is 0.0533. The van der Waals surface area contributed by atoms with Crippen LogP contribution in [0.2, 0.25) is 0 Å². The number of methoxy groups -OCH3 is 1. The molecule has 0 spiro atoms. The Balaban J connectivity index is 0.00000243. The van der Waals surface area contributed by atoms with Gasteiger partial charge >= 0.3 is 6.03 Å². The van der Waals surface area contributed by atoms with Crippen LogP contribution in [0, 0.1) is 5.41 Å². The van der Waals surface area contributed by atoms with Gasteiger partial charge < -0.3 is 20.7 Å². The van der Waals surface area contributed by atoms with Gasteiger partial charge in [0.1, 0.15) is 5.75 Å². The molecule has 2 aliphatic rings. The Morgan fingerprint density at radius 3 is 2.65 bits per heavy atom. The Kier molecular flexibility index (Phi) is 6.03. The van der Waals surface area contributed by atoms with Crippen molar-refractivity contribution in [1.82, 2.24) is 10.2 Å². The Morgan fingerprint density at radius 2 is 2.08 bits per heavy atom. The zero-order valence-electron chi connectivity index (χ0n) is 15.4. The highest BCUT2D eigenvalue weighted by atomic mass is 35.5. The summed E-state index contributed by atoms with van der Waals surface area (Å²) in [5, 5.41) is 2.77. The van der Waals surface area contributed by atoms with Gasteiger partial charge in [-0.05, 0) is 30.0 Å². The summed E-state index contributed by atoms with van der Waals surface area (Å²) in [5.74, 6) is 0.540. The number of amides is 3. The molecule has 1 aromatic carbocycles. The number of carbonyl (C=O) groups is 2. The minimum Gasteiger partial charge on any atom is -0.495 e. The highest BCUT2D eigenvalue weighted by Crippen LogP contribution is 2.32.